The number of benzene rings is 2. The average molecular weight is 452 g/mol. The second kappa shape index (κ2) is 8.89. The minimum absolute atomic E-state index is 0.0948. The molecule has 1 aliphatic carbocycles. The highest BCUT2D eigenvalue weighted by atomic mass is 19.1. The van der Waals surface area contributed by atoms with E-state index < -0.39 is 11.7 Å². The summed E-state index contributed by atoms with van der Waals surface area (Å²) >= 11 is 0. The third kappa shape index (κ3) is 4.58. The summed E-state index contributed by atoms with van der Waals surface area (Å²) in [5, 5.41) is 0.908. The molecule has 5 rings (SSSR count). The molecule has 1 amide bonds. The summed E-state index contributed by atoms with van der Waals surface area (Å²) in [5.74, 6) is -0.547. The number of hydrogen-bond donors (Lipinski definition) is 1. The van der Waals surface area contributed by atoms with Crippen LogP contribution < -0.4 is 10.5 Å². The van der Waals surface area contributed by atoms with Crippen molar-refractivity contribution in [3.05, 3.63) is 71.1 Å². The molecular weight excluding hydrogens is 424 g/mol. The van der Waals surface area contributed by atoms with Gasteiger partial charge in [0.25, 0.3) is 0 Å². The summed E-state index contributed by atoms with van der Waals surface area (Å²) in [6, 6.07) is 9.44. The average Bonchev–Trinajstić information content (AvgIpc) is 3.54. The van der Waals surface area contributed by atoms with Crippen LogP contribution in [-0.2, 0) is 6.54 Å². The molecule has 1 fully saturated rings. The number of halogens is 2. The van der Waals surface area contributed by atoms with E-state index in [-0.39, 0.29) is 23.7 Å². The number of ether oxygens (including phenoxy) is 1. The molecule has 0 atom stereocenters. The first-order valence-electron chi connectivity index (χ1n) is 11.4. The summed E-state index contributed by atoms with van der Waals surface area (Å²) in [7, 11) is 0. The summed E-state index contributed by atoms with van der Waals surface area (Å²) in [5.41, 5.74) is 8.19. The zero-order valence-corrected chi connectivity index (χ0v) is 18.4. The van der Waals surface area contributed by atoms with Crippen LogP contribution >= 0.6 is 0 Å². The lowest BCUT2D eigenvalue weighted by Crippen LogP contribution is -2.31. The van der Waals surface area contributed by atoms with E-state index in [0.29, 0.717) is 11.5 Å². The normalized spacial score (nSPS) is 15.2. The van der Waals surface area contributed by atoms with E-state index >= 15 is 0 Å². The van der Waals surface area contributed by atoms with Gasteiger partial charge in [-0.15, -0.1) is 0 Å². The van der Waals surface area contributed by atoms with Gasteiger partial charge in [0.15, 0.2) is 11.6 Å². The number of rotatable bonds is 9. The molecule has 0 bridgehead atoms. The van der Waals surface area contributed by atoms with Crippen LogP contribution in [0.25, 0.3) is 17.0 Å². The van der Waals surface area contributed by atoms with Crippen molar-refractivity contribution in [2.24, 2.45) is 11.7 Å². The topological polar surface area (TPSA) is 60.5 Å². The Kier molecular flexibility index (Phi) is 5.79. The Hall–Kier alpha value is -3.35. The first kappa shape index (κ1) is 21.5. The molecule has 1 aromatic heterocycles. The molecule has 33 heavy (non-hydrogen) atoms. The third-order valence-electron chi connectivity index (χ3n) is 6.48. The monoisotopic (exact) mass is 451 g/mol. The quantitative estimate of drug-likeness (QED) is 0.469. The molecule has 7 heteroatoms. The Bertz CT molecular complexity index is 1230. The number of nitrogens with zero attached hydrogens (tertiary/aromatic N) is 2. The van der Waals surface area contributed by atoms with Gasteiger partial charge in [-0.25, -0.2) is 8.78 Å². The van der Waals surface area contributed by atoms with Crippen LogP contribution in [0, 0.1) is 17.6 Å². The van der Waals surface area contributed by atoms with Gasteiger partial charge in [0.05, 0.1) is 11.3 Å². The maximum atomic E-state index is 14.2. The van der Waals surface area contributed by atoms with Crippen LogP contribution in [0.2, 0.25) is 0 Å². The Balaban J connectivity index is 1.29. The highest BCUT2D eigenvalue weighted by Gasteiger charge is 2.28. The lowest BCUT2D eigenvalue weighted by molar-refractivity contribution is 0.0999. The Labute approximate surface area is 191 Å². The van der Waals surface area contributed by atoms with E-state index in [1.165, 1.54) is 31.0 Å². The second-order valence-electron chi connectivity index (χ2n) is 8.94. The van der Waals surface area contributed by atoms with Crippen LogP contribution in [0.15, 0.2) is 48.3 Å². The van der Waals surface area contributed by atoms with Crippen molar-refractivity contribution in [3.63, 3.8) is 0 Å². The van der Waals surface area contributed by atoms with Gasteiger partial charge in [-0.05, 0) is 74.1 Å². The zero-order valence-electron chi connectivity index (χ0n) is 18.4. The number of carbonyl (C=O) groups is 1. The first-order valence-corrected chi connectivity index (χ1v) is 11.4. The van der Waals surface area contributed by atoms with Crippen molar-refractivity contribution in [1.82, 2.24) is 9.47 Å². The smallest absolute Gasteiger partial charge is 0.249 e. The van der Waals surface area contributed by atoms with Gasteiger partial charge in [0.2, 0.25) is 5.91 Å². The fourth-order valence-corrected chi connectivity index (χ4v) is 4.53. The van der Waals surface area contributed by atoms with E-state index in [0.717, 1.165) is 49.1 Å². The molecule has 1 saturated carbocycles. The molecule has 0 saturated heterocycles. The molecule has 0 spiro atoms. The van der Waals surface area contributed by atoms with Crippen molar-refractivity contribution >= 4 is 22.9 Å². The molecule has 0 unspecified atom stereocenters. The van der Waals surface area contributed by atoms with Gasteiger partial charge >= 0.3 is 0 Å². The van der Waals surface area contributed by atoms with Crippen molar-refractivity contribution in [2.45, 2.75) is 32.2 Å². The van der Waals surface area contributed by atoms with E-state index in [4.69, 9.17) is 10.5 Å². The van der Waals surface area contributed by atoms with E-state index in [9.17, 15) is 13.6 Å². The first-order chi connectivity index (χ1) is 16.0. The molecule has 3 aromatic rings. The Morgan fingerprint density at radius 1 is 1.15 bits per heavy atom. The highest BCUT2D eigenvalue weighted by molar-refractivity contribution is 5.98. The molecule has 2 aromatic carbocycles. The number of primary amides is 1. The number of unbranched alkanes of at least 4 members (excludes halogenated alkanes) is 1. The Morgan fingerprint density at radius 3 is 2.79 bits per heavy atom. The largest absolute Gasteiger partial charge is 0.484 e. The third-order valence-corrected chi connectivity index (χ3v) is 6.48. The number of nitrogens with two attached hydrogens (primary N) is 1. The molecule has 2 aliphatic rings. The number of hydrogen-bond acceptors (Lipinski definition) is 3. The zero-order chi connectivity index (χ0) is 22.9. The highest BCUT2D eigenvalue weighted by Crippen LogP contribution is 2.35. The summed E-state index contributed by atoms with van der Waals surface area (Å²) in [6.07, 6.45) is 8.22. The van der Waals surface area contributed by atoms with E-state index in [1.807, 2.05) is 24.4 Å². The molecule has 172 valence electrons. The summed E-state index contributed by atoms with van der Waals surface area (Å²) in [4.78, 5) is 14.2. The molecule has 0 radical (unpaired) electrons. The number of amides is 1. The molecule has 5 nitrogen and oxygen atoms in total. The van der Waals surface area contributed by atoms with Gasteiger partial charge in [0, 0.05) is 42.3 Å². The van der Waals surface area contributed by atoms with Crippen LogP contribution in [0.4, 0.5) is 8.78 Å². The van der Waals surface area contributed by atoms with Crippen LogP contribution in [0.1, 0.15) is 41.6 Å². The fourth-order valence-electron chi connectivity index (χ4n) is 4.53. The van der Waals surface area contributed by atoms with Crippen molar-refractivity contribution < 1.29 is 18.3 Å². The molecule has 1 aliphatic heterocycles. The van der Waals surface area contributed by atoms with E-state index in [2.05, 4.69) is 9.47 Å². The van der Waals surface area contributed by atoms with Gasteiger partial charge in [-0.1, -0.05) is 0 Å². The van der Waals surface area contributed by atoms with Crippen LogP contribution in [0.5, 0.6) is 5.75 Å². The summed E-state index contributed by atoms with van der Waals surface area (Å²) in [6.45, 7) is 2.89. The van der Waals surface area contributed by atoms with Crippen molar-refractivity contribution in [1.29, 1.82) is 0 Å². The van der Waals surface area contributed by atoms with Gasteiger partial charge in [-0.3, -0.25) is 4.79 Å². The second-order valence-corrected chi connectivity index (χ2v) is 8.94. The van der Waals surface area contributed by atoms with Gasteiger partial charge in [-0.2, -0.15) is 0 Å². The predicted octanol–water partition coefficient (Wildman–Crippen LogP) is 4.94. The molecule has 2 heterocycles. The predicted molar refractivity (Wildman–Crippen MR) is 124 cm³/mol. The standard InChI is InChI=1S/C26H27F2N3O2/c27-19-5-8-24-18(13-19)9-12-30(24)10-1-2-11-31(15-17-3-4-17)20-14-22-21(26(29)32)6-7-23(28)25(22)33-16-20/h5-9,12-14,17H,1-4,10-11,15-16H2,(H2,29,32). The lowest BCUT2D eigenvalue weighted by atomic mass is 10.0. The molecule has 2 N–H and O–H groups in total. The van der Waals surface area contributed by atoms with Crippen LogP contribution in [-0.4, -0.2) is 35.1 Å². The molecular formula is C26H27F2N3O2. The number of aromatic nitrogens is 1. The van der Waals surface area contributed by atoms with Crippen molar-refractivity contribution in [2.75, 3.05) is 19.7 Å². The van der Waals surface area contributed by atoms with E-state index in [1.54, 1.807) is 6.07 Å². The van der Waals surface area contributed by atoms with Gasteiger partial charge in [0.1, 0.15) is 12.4 Å². The van der Waals surface area contributed by atoms with Crippen molar-refractivity contribution in [3.8, 4) is 5.75 Å². The number of fused-ring (bicyclic) bond motifs is 2. The number of aryl methyl sites for hydroxylation is 1. The van der Waals surface area contributed by atoms with Crippen LogP contribution in [0.3, 0.4) is 0 Å². The van der Waals surface area contributed by atoms with Gasteiger partial charge < -0.3 is 19.9 Å². The fraction of sp³-hybridized carbons (Fsp3) is 0.346. The summed E-state index contributed by atoms with van der Waals surface area (Å²) < 4.78 is 35.6. The number of carbonyl (C=O) groups excluding carboxylic acids is 1. The maximum absolute atomic E-state index is 14.2. The minimum atomic E-state index is -0.597. The minimum Gasteiger partial charge on any atom is -0.484 e. The lowest BCUT2D eigenvalue weighted by Gasteiger charge is -2.31. The maximum Gasteiger partial charge on any atom is 0.249 e. The SMILES string of the molecule is NC(=O)c1ccc(F)c2c1C=C(N(CCCCn1ccc3cc(F)ccc31)CC1CC1)CO2. The Morgan fingerprint density at radius 2 is 2.00 bits per heavy atom.